The second-order valence-electron chi connectivity index (χ2n) is 6.89. The number of nitrogens with two attached hydrogens (primary N) is 1. The van der Waals surface area contributed by atoms with E-state index in [1.54, 1.807) is 4.90 Å². The quantitative estimate of drug-likeness (QED) is 0.658. The van der Waals surface area contributed by atoms with E-state index in [2.05, 4.69) is 0 Å². The smallest absolute Gasteiger partial charge is 0.311 e. The number of likely N-dealkylation sites (tertiary alicyclic amines) is 1. The molecular weight excluding hydrogens is 369 g/mol. The van der Waals surface area contributed by atoms with Gasteiger partial charge in [-0.15, -0.1) is 0 Å². The normalized spacial score (nSPS) is 16.4. The van der Waals surface area contributed by atoms with Crippen molar-refractivity contribution in [1.82, 2.24) is 4.90 Å². The van der Waals surface area contributed by atoms with Crippen LogP contribution in [0.4, 0.5) is 10.1 Å². The largest absolute Gasteiger partial charge is 0.455 e. The van der Waals surface area contributed by atoms with Crippen molar-refractivity contribution in [1.29, 1.82) is 0 Å². The van der Waals surface area contributed by atoms with Crippen LogP contribution in [0, 0.1) is 11.7 Å². The number of halogens is 1. The first-order valence-electron chi connectivity index (χ1n) is 8.99. The average Bonchev–Trinajstić information content (AvgIpc) is 3.03. The van der Waals surface area contributed by atoms with Gasteiger partial charge in [-0.05, 0) is 38.1 Å². The summed E-state index contributed by atoms with van der Waals surface area (Å²) in [4.78, 5) is 50.5. The molecule has 1 fully saturated rings. The van der Waals surface area contributed by atoms with Crippen molar-refractivity contribution in [3.05, 3.63) is 30.1 Å². The molecule has 0 bridgehead atoms. The van der Waals surface area contributed by atoms with Crippen LogP contribution in [-0.2, 0) is 23.9 Å². The Kier molecular flexibility index (Phi) is 7.08. The van der Waals surface area contributed by atoms with Gasteiger partial charge in [0, 0.05) is 37.7 Å². The number of hydrogen-bond donors (Lipinski definition) is 1. The first-order chi connectivity index (χ1) is 13.2. The summed E-state index contributed by atoms with van der Waals surface area (Å²) in [5.74, 6) is -3.02. The van der Waals surface area contributed by atoms with Crippen molar-refractivity contribution in [2.24, 2.45) is 11.7 Å². The molecule has 1 aliphatic rings. The van der Waals surface area contributed by atoms with Gasteiger partial charge in [0.25, 0.3) is 5.91 Å². The summed E-state index contributed by atoms with van der Waals surface area (Å²) in [6.07, 6.45) is -0.0495. The molecule has 1 heterocycles. The van der Waals surface area contributed by atoms with Gasteiger partial charge in [-0.25, -0.2) is 4.39 Å². The van der Waals surface area contributed by atoms with Gasteiger partial charge < -0.3 is 20.3 Å². The lowest BCUT2D eigenvalue weighted by atomic mass is 10.1. The maximum absolute atomic E-state index is 13.1. The van der Waals surface area contributed by atoms with Crippen LogP contribution < -0.4 is 10.6 Å². The zero-order chi connectivity index (χ0) is 20.8. The fourth-order valence-corrected chi connectivity index (χ4v) is 2.96. The van der Waals surface area contributed by atoms with Gasteiger partial charge in [0.05, 0.1) is 5.92 Å². The summed E-state index contributed by atoms with van der Waals surface area (Å²) >= 11 is 0. The molecule has 152 valence electrons. The molecule has 9 heteroatoms. The Morgan fingerprint density at radius 3 is 2.46 bits per heavy atom. The molecule has 0 aliphatic carbocycles. The lowest BCUT2D eigenvalue weighted by molar-refractivity contribution is -0.151. The zero-order valence-corrected chi connectivity index (χ0v) is 15.9. The van der Waals surface area contributed by atoms with Gasteiger partial charge in [0.2, 0.25) is 11.8 Å². The van der Waals surface area contributed by atoms with E-state index in [-0.39, 0.29) is 37.9 Å². The standard InChI is InChI=1S/C19H24FN3O5/c1-12(2)23-10-13(9-17(23)25)19(27)28-11-18(26)22(8-7-16(21)24)15-5-3-14(20)4-6-15/h3-6,12-13H,7-11H2,1-2H3,(H2,21,24). The predicted octanol–water partition coefficient (Wildman–Crippen LogP) is 0.834. The zero-order valence-electron chi connectivity index (χ0n) is 15.9. The first kappa shape index (κ1) is 21.3. The number of carbonyl (C=O) groups excluding carboxylic acids is 4. The van der Waals surface area contributed by atoms with Gasteiger partial charge in [-0.1, -0.05) is 0 Å². The number of esters is 1. The van der Waals surface area contributed by atoms with E-state index in [4.69, 9.17) is 10.5 Å². The Morgan fingerprint density at radius 2 is 1.93 bits per heavy atom. The lowest BCUT2D eigenvalue weighted by Crippen LogP contribution is -2.38. The third-order valence-electron chi connectivity index (χ3n) is 4.47. The molecule has 0 saturated carbocycles. The van der Waals surface area contributed by atoms with Crippen LogP contribution >= 0.6 is 0 Å². The third-order valence-corrected chi connectivity index (χ3v) is 4.47. The topological polar surface area (TPSA) is 110 Å². The van der Waals surface area contributed by atoms with E-state index in [0.717, 1.165) is 0 Å². The van der Waals surface area contributed by atoms with E-state index in [0.29, 0.717) is 5.69 Å². The SMILES string of the molecule is CC(C)N1CC(C(=O)OCC(=O)N(CCC(N)=O)c2ccc(F)cc2)CC1=O. The van der Waals surface area contributed by atoms with Crippen LogP contribution in [0.15, 0.2) is 24.3 Å². The van der Waals surface area contributed by atoms with Crippen molar-refractivity contribution in [3.8, 4) is 0 Å². The molecule has 2 N–H and O–H groups in total. The highest BCUT2D eigenvalue weighted by atomic mass is 19.1. The number of benzene rings is 1. The molecular formula is C19H24FN3O5. The highest BCUT2D eigenvalue weighted by Crippen LogP contribution is 2.21. The number of anilines is 1. The van der Waals surface area contributed by atoms with Crippen molar-refractivity contribution < 1.29 is 28.3 Å². The number of primary amides is 1. The van der Waals surface area contributed by atoms with Crippen molar-refractivity contribution >= 4 is 29.4 Å². The predicted molar refractivity (Wildman–Crippen MR) is 98.5 cm³/mol. The van der Waals surface area contributed by atoms with Crippen molar-refractivity contribution in [3.63, 3.8) is 0 Å². The van der Waals surface area contributed by atoms with Gasteiger partial charge in [0.15, 0.2) is 6.61 Å². The van der Waals surface area contributed by atoms with Crippen LogP contribution in [-0.4, -0.2) is 54.3 Å². The van der Waals surface area contributed by atoms with E-state index >= 15 is 0 Å². The van der Waals surface area contributed by atoms with E-state index < -0.39 is 36.1 Å². The monoisotopic (exact) mass is 393 g/mol. The van der Waals surface area contributed by atoms with Gasteiger partial charge in [-0.3, -0.25) is 19.2 Å². The minimum Gasteiger partial charge on any atom is -0.455 e. The highest BCUT2D eigenvalue weighted by molar-refractivity contribution is 5.96. The molecule has 0 aromatic heterocycles. The van der Waals surface area contributed by atoms with Gasteiger partial charge in [-0.2, -0.15) is 0 Å². The number of rotatable bonds is 8. The Hall–Kier alpha value is -2.97. The molecule has 28 heavy (non-hydrogen) atoms. The van der Waals surface area contributed by atoms with Crippen LogP contribution in [0.2, 0.25) is 0 Å². The Morgan fingerprint density at radius 1 is 1.29 bits per heavy atom. The number of carbonyl (C=O) groups is 4. The molecule has 1 saturated heterocycles. The van der Waals surface area contributed by atoms with Crippen molar-refractivity contribution in [2.75, 3.05) is 24.6 Å². The maximum Gasteiger partial charge on any atom is 0.311 e. The third kappa shape index (κ3) is 5.51. The molecule has 0 spiro atoms. The molecule has 1 aliphatic heterocycles. The number of amides is 3. The maximum atomic E-state index is 13.1. The second kappa shape index (κ2) is 9.29. The summed E-state index contributed by atoms with van der Waals surface area (Å²) in [6, 6.07) is 5.10. The van der Waals surface area contributed by atoms with E-state index in [1.165, 1.54) is 29.2 Å². The number of nitrogens with zero attached hydrogens (tertiary/aromatic N) is 2. The second-order valence-corrected chi connectivity index (χ2v) is 6.89. The van der Waals surface area contributed by atoms with Gasteiger partial charge >= 0.3 is 5.97 Å². The molecule has 1 atom stereocenters. The average molecular weight is 393 g/mol. The number of hydrogen-bond acceptors (Lipinski definition) is 5. The highest BCUT2D eigenvalue weighted by Gasteiger charge is 2.36. The Bertz CT molecular complexity index is 750. The van der Waals surface area contributed by atoms with Crippen molar-refractivity contribution in [2.45, 2.75) is 32.7 Å². The summed E-state index contributed by atoms with van der Waals surface area (Å²) in [5, 5.41) is 0. The fraction of sp³-hybridized carbons (Fsp3) is 0.474. The molecule has 2 rings (SSSR count). The van der Waals surface area contributed by atoms with Crippen LogP contribution in [0.25, 0.3) is 0 Å². The minimum atomic E-state index is -0.626. The molecule has 8 nitrogen and oxygen atoms in total. The Labute approximate surface area is 162 Å². The number of ether oxygens (including phenoxy) is 1. The fourth-order valence-electron chi connectivity index (χ4n) is 2.96. The van der Waals surface area contributed by atoms with Crippen LogP contribution in [0.5, 0.6) is 0 Å². The van der Waals surface area contributed by atoms with Gasteiger partial charge in [0.1, 0.15) is 5.82 Å². The molecule has 1 aromatic rings. The first-order valence-corrected chi connectivity index (χ1v) is 8.99. The molecule has 1 unspecified atom stereocenters. The van der Waals surface area contributed by atoms with Crippen LogP contribution in [0.3, 0.4) is 0 Å². The summed E-state index contributed by atoms with van der Waals surface area (Å²) < 4.78 is 18.2. The minimum absolute atomic E-state index is 0.0188. The molecule has 0 radical (unpaired) electrons. The summed E-state index contributed by atoms with van der Waals surface area (Å²) in [6.45, 7) is 3.39. The summed E-state index contributed by atoms with van der Waals surface area (Å²) in [7, 11) is 0. The molecule has 3 amide bonds. The van der Waals surface area contributed by atoms with E-state index in [9.17, 15) is 23.6 Å². The lowest BCUT2D eigenvalue weighted by Gasteiger charge is -2.23. The molecule has 1 aromatic carbocycles. The van der Waals surface area contributed by atoms with Crippen LogP contribution in [0.1, 0.15) is 26.7 Å². The van der Waals surface area contributed by atoms with E-state index in [1.807, 2.05) is 13.8 Å². The Balaban J connectivity index is 1.99. The summed E-state index contributed by atoms with van der Waals surface area (Å²) in [5.41, 5.74) is 5.49.